The zero-order valence-electron chi connectivity index (χ0n) is 27.4. The molecule has 4 rings (SSSR count). The molecule has 2 aliphatic rings. The van der Waals surface area contributed by atoms with Crippen molar-refractivity contribution in [2.24, 2.45) is 16.6 Å². The van der Waals surface area contributed by atoms with Gasteiger partial charge in [-0.2, -0.15) is 0 Å². The molecule has 1 aliphatic carbocycles. The Hall–Kier alpha value is -5.44. The van der Waals surface area contributed by atoms with Crippen molar-refractivity contribution in [2.45, 2.75) is 70.4 Å². The highest BCUT2D eigenvalue weighted by atomic mass is 19.1. The number of aryl methyl sites for hydroxylation is 1. The summed E-state index contributed by atoms with van der Waals surface area (Å²) in [6.07, 6.45) is 9.53. The number of rotatable bonds is 16. The van der Waals surface area contributed by atoms with E-state index >= 15 is 0 Å². The molecule has 260 valence electrons. The molecule has 6 N–H and O–H groups in total. The van der Waals surface area contributed by atoms with Crippen molar-refractivity contribution in [1.29, 1.82) is 0 Å². The summed E-state index contributed by atoms with van der Waals surface area (Å²) >= 11 is 0. The minimum absolute atomic E-state index is 0.0146. The van der Waals surface area contributed by atoms with Crippen molar-refractivity contribution in [2.75, 3.05) is 6.61 Å². The number of ether oxygens (including phenoxy) is 1. The lowest BCUT2D eigenvalue weighted by Gasteiger charge is -2.26. The van der Waals surface area contributed by atoms with Crippen LogP contribution in [0.5, 0.6) is 0 Å². The summed E-state index contributed by atoms with van der Waals surface area (Å²) in [4.78, 5) is 68.6. The van der Waals surface area contributed by atoms with Crippen LogP contribution in [0.15, 0.2) is 76.3 Å². The van der Waals surface area contributed by atoms with Gasteiger partial charge in [0.1, 0.15) is 36.4 Å². The third-order valence-corrected chi connectivity index (χ3v) is 7.64. The summed E-state index contributed by atoms with van der Waals surface area (Å²) in [5.74, 6) is -3.76. The number of carbonyl (C=O) groups is 5. The lowest BCUT2D eigenvalue weighted by molar-refractivity contribution is -0.138. The molecule has 5 atom stereocenters. The maximum Gasteiger partial charge on any atom is 0.330 e. The minimum atomic E-state index is -1.21. The van der Waals surface area contributed by atoms with Crippen LogP contribution in [0, 0.1) is 18.7 Å². The Bertz CT molecular complexity index is 1650. The van der Waals surface area contributed by atoms with E-state index in [4.69, 9.17) is 15.0 Å². The molecule has 4 amide bonds. The predicted molar refractivity (Wildman–Crippen MR) is 176 cm³/mol. The molecule has 0 radical (unpaired) electrons. The van der Waals surface area contributed by atoms with E-state index < -0.39 is 65.6 Å². The second-order valence-corrected chi connectivity index (χ2v) is 12.0. The van der Waals surface area contributed by atoms with Gasteiger partial charge in [0.25, 0.3) is 5.91 Å². The van der Waals surface area contributed by atoms with Gasteiger partial charge in [0.15, 0.2) is 5.69 Å². The predicted octanol–water partition coefficient (Wildman–Crippen LogP) is 1.32. The smallest absolute Gasteiger partial charge is 0.330 e. The molecule has 1 aromatic carbocycles. The van der Waals surface area contributed by atoms with Gasteiger partial charge in [0.2, 0.25) is 17.7 Å². The van der Waals surface area contributed by atoms with Crippen molar-refractivity contribution >= 4 is 35.3 Å². The fourth-order valence-corrected chi connectivity index (χ4v) is 5.06. The molecule has 0 bridgehead atoms. The largest absolute Gasteiger partial charge is 0.459 e. The van der Waals surface area contributed by atoms with Crippen LogP contribution in [0.1, 0.15) is 48.5 Å². The van der Waals surface area contributed by atoms with E-state index in [2.05, 4.69) is 31.4 Å². The average molecular weight is 678 g/mol. The Morgan fingerprint density at radius 1 is 1.08 bits per heavy atom. The number of fused-ring (bicyclic) bond motifs is 1. The molecule has 1 aliphatic heterocycles. The van der Waals surface area contributed by atoms with Gasteiger partial charge in [-0.15, -0.1) is 0 Å². The topological polar surface area (TPSA) is 207 Å². The summed E-state index contributed by atoms with van der Waals surface area (Å²) in [6, 6.07) is 3.63. The van der Waals surface area contributed by atoms with Crippen LogP contribution >= 0.6 is 0 Å². The van der Waals surface area contributed by atoms with E-state index in [1.807, 2.05) is 24.3 Å². The zero-order valence-corrected chi connectivity index (χ0v) is 27.4. The standard InChI is InChI=1S/C34H40FN7O7/c1-19(2)31(41-33(46)27-16-20(3)49-42-27)34(47)40-26(17-21-8-10-22(35)11-9-21)32(45)37-23(12-14-28(36)43)13-15-30(44)48-18-29-38-24-6-4-5-7-25(24)39-29/h4-11,13,15-16,19,23-24,26,29,31,38H,12,14,17-18H2,1-3H3,(H2,36,43)(H,37,45)(H,40,47)(H,41,46)/b15-13+/t23-,24?,26+,29?,31+/m1/s1. The number of nitrogens with one attached hydrogen (secondary N) is 4. The second kappa shape index (κ2) is 17.1. The Kier molecular flexibility index (Phi) is 12.7. The van der Waals surface area contributed by atoms with Crippen LogP contribution < -0.4 is 27.0 Å². The SMILES string of the molecule is Cc1cc(C(=O)N[C@H](C(=O)N[C@@H](Cc2ccc(F)cc2)C(=O)N[C@@H](/C=C/C(=O)OCC2N=C3C=CC=CC3N2)CCC(N)=O)C(C)C)no1. The Balaban J connectivity index is 1.45. The van der Waals surface area contributed by atoms with E-state index in [1.165, 1.54) is 36.4 Å². The van der Waals surface area contributed by atoms with Crippen LogP contribution in [-0.2, 0) is 30.3 Å². The molecule has 15 heteroatoms. The number of primary amides is 1. The number of allylic oxidation sites excluding steroid dienone is 2. The lowest BCUT2D eigenvalue weighted by atomic mass is 10.00. The third kappa shape index (κ3) is 11.1. The normalized spacial score (nSPS) is 18.3. The molecule has 2 aromatic rings. The molecule has 0 fully saturated rings. The fraction of sp³-hybridized carbons (Fsp3) is 0.382. The number of nitrogens with two attached hydrogens (primary N) is 1. The number of carbonyl (C=O) groups excluding carboxylic acids is 5. The van der Waals surface area contributed by atoms with Crippen molar-refractivity contribution in [3.05, 3.63) is 89.6 Å². The Morgan fingerprint density at radius 3 is 2.49 bits per heavy atom. The van der Waals surface area contributed by atoms with Crippen LogP contribution in [0.25, 0.3) is 0 Å². The quantitative estimate of drug-likeness (QED) is 0.128. The molecular formula is C34H40FN7O7. The number of aliphatic imine (C=N–C) groups is 1. The van der Waals surface area contributed by atoms with Crippen LogP contribution in [0.2, 0.25) is 0 Å². The van der Waals surface area contributed by atoms with Gasteiger partial charge in [0, 0.05) is 31.0 Å². The van der Waals surface area contributed by atoms with E-state index in [1.54, 1.807) is 20.8 Å². The molecule has 0 saturated carbocycles. The van der Waals surface area contributed by atoms with Crippen LogP contribution in [0.4, 0.5) is 4.39 Å². The van der Waals surface area contributed by atoms with Gasteiger partial charge in [-0.25, -0.2) is 9.18 Å². The number of halogens is 1. The summed E-state index contributed by atoms with van der Waals surface area (Å²) in [6.45, 7) is 5.02. The van der Waals surface area contributed by atoms with Gasteiger partial charge in [-0.05, 0) is 43.0 Å². The van der Waals surface area contributed by atoms with Gasteiger partial charge in [-0.3, -0.25) is 29.5 Å². The summed E-state index contributed by atoms with van der Waals surface area (Å²) in [5.41, 5.74) is 6.71. The van der Waals surface area contributed by atoms with Crippen molar-refractivity contribution in [1.82, 2.24) is 26.4 Å². The lowest BCUT2D eigenvalue weighted by Crippen LogP contribution is -2.56. The number of hydrogen-bond acceptors (Lipinski definition) is 10. The van der Waals surface area contributed by atoms with Crippen molar-refractivity contribution in [3.8, 4) is 0 Å². The maximum absolute atomic E-state index is 13.7. The molecule has 0 spiro atoms. The second-order valence-electron chi connectivity index (χ2n) is 12.0. The van der Waals surface area contributed by atoms with Gasteiger partial charge >= 0.3 is 5.97 Å². The van der Waals surface area contributed by atoms with Gasteiger partial charge < -0.3 is 30.9 Å². The zero-order chi connectivity index (χ0) is 35.5. The number of benzene rings is 1. The van der Waals surface area contributed by atoms with Crippen LogP contribution in [0.3, 0.4) is 0 Å². The van der Waals surface area contributed by atoms with Crippen LogP contribution in [-0.4, -0.2) is 77.4 Å². The molecule has 49 heavy (non-hydrogen) atoms. The third-order valence-electron chi connectivity index (χ3n) is 7.64. The number of amides is 4. The molecule has 14 nitrogen and oxygen atoms in total. The summed E-state index contributed by atoms with van der Waals surface area (Å²) in [7, 11) is 0. The highest BCUT2D eigenvalue weighted by Crippen LogP contribution is 2.13. The average Bonchev–Trinajstić information content (AvgIpc) is 3.70. The first-order chi connectivity index (χ1) is 23.4. The number of esters is 1. The summed E-state index contributed by atoms with van der Waals surface area (Å²) < 4.78 is 23.9. The first-order valence-electron chi connectivity index (χ1n) is 15.8. The molecule has 1 aromatic heterocycles. The number of nitrogens with zero attached hydrogens (tertiary/aromatic N) is 2. The molecule has 2 unspecified atom stereocenters. The number of hydrogen-bond donors (Lipinski definition) is 5. The van der Waals surface area contributed by atoms with E-state index in [0.29, 0.717) is 11.3 Å². The first kappa shape index (κ1) is 36.4. The van der Waals surface area contributed by atoms with Gasteiger partial charge in [-0.1, -0.05) is 55.4 Å². The van der Waals surface area contributed by atoms with Gasteiger partial charge in [0.05, 0.1) is 11.8 Å². The molecule has 0 saturated heterocycles. The Labute approximate surface area is 282 Å². The Morgan fingerprint density at radius 2 is 1.84 bits per heavy atom. The van der Waals surface area contributed by atoms with E-state index in [-0.39, 0.29) is 37.6 Å². The maximum atomic E-state index is 13.7. The molecular weight excluding hydrogens is 637 g/mol. The minimum Gasteiger partial charge on any atom is -0.459 e. The van der Waals surface area contributed by atoms with Crippen molar-refractivity contribution < 1.29 is 37.6 Å². The first-order valence-corrected chi connectivity index (χ1v) is 15.8. The van der Waals surface area contributed by atoms with E-state index in [0.717, 1.165) is 11.8 Å². The highest BCUT2D eigenvalue weighted by Gasteiger charge is 2.31. The van der Waals surface area contributed by atoms with E-state index in [9.17, 15) is 28.4 Å². The van der Waals surface area contributed by atoms with Crippen molar-refractivity contribution in [3.63, 3.8) is 0 Å². The monoisotopic (exact) mass is 677 g/mol. The fourth-order valence-electron chi connectivity index (χ4n) is 5.06. The number of aromatic nitrogens is 1. The summed E-state index contributed by atoms with van der Waals surface area (Å²) in [5, 5.41) is 15.0. The highest BCUT2D eigenvalue weighted by molar-refractivity contribution is 6.03. The molecule has 2 heterocycles.